The Hall–Kier alpha value is -0.810. The van der Waals surface area contributed by atoms with Crippen molar-refractivity contribution in [2.75, 3.05) is 5.73 Å². The molecule has 5 heteroatoms. The number of hydrogen-bond donors (Lipinski definition) is 1. The molecule has 2 heterocycles. The maximum absolute atomic E-state index is 5.86. The Morgan fingerprint density at radius 1 is 1.53 bits per heavy atom. The Balaban J connectivity index is 2.36. The summed E-state index contributed by atoms with van der Waals surface area (Å²) >= 11 is 3.29. The number of fused-ring (bicyclic) bond motifs is 1. The Morgan fingerprint density at radius 3 is 3.07 bits per heavy atom. The molecule has 0 aliphatic rings. The van der Waals surface area contributed by atoms with Crippen molar-refractivity contribution in [2.24, 2.45) is 0 Å². The third kappa shape index (κ3) is 2.23. The van der Waals surface area contributed by atoms with E-state index in [9.17, 15) is 0 Å². The lowest BCUT2D eigenvalue weighted by atomic mass is 10.4. The van der Waals surface area contributed by atoms with Gasteiger partial charge in [-0.3, -0.25) is 0 Å². The van der Waals surface area contributed by atoms with E-state index in [2.05, 4.69) is 23.8 Å². The molecule has 0 spiro atoms. The Morgan fingerprint density at radius 2 is 2.33 bits per heavy atom. The van der Waals surface area contributed by atoms with Crippen molar-refractivity contribution in [2.45, 2.75) is 30.7 Å². The molecule has 0 radical (unpaired) electrons. The number of anilines is 1. The summed E-state index contributed by atoms with van der Waals surface area (Å²) in [6, 6.07) is 1.97. The molecule has 0 aliphatic carbocycles. The van der Waals surface area contributed by atoms with Crippen LogP contribution in [0, 0.1) is 0 Å². The fraction of sp³-hybridized carbons (Fsp3) is 0.400. The molecule has 3 nitrogen and oxygen atoms in total. The zero-order chi connectivity index (χ0) is 10.8. The summed E-state index contributed by atoms with van der Waals surface area (Å²) < 4.78 is 0. The number of nitrogen functional groups attached to an aromatic ring is 1. The van der Waals surface area contributed by atoms with Gasteiger partial charge in [0.2, 0.25) is 0 Å². The molecule has 2 aromatic heterocycles. The molecule has 0 saturated carbocycles. The molecule has 0 amide bonds. The minimum Gasteiger partial charge on any atom is -0.383 e. The van der Waals surface area contributed by atoms with Gasteiger partial charge in [0.15, 0.2) is 5.16 Å². The zero-order valence-corrected chi connectivity index (χ0v) is 10.4. The highest BCUT2D eigenvalue weighted by atomic mass is 32.2. The van der Waals surface area contributed by atoms with E-state index >= 15 is 0 Å². The van der Waals surface area contributed by atoms with Gasteiger partial charge < -0.3 is 5.73 Å². The van der Waals surface area contributed by atoms with Crippen molar-refractivity contribution in [1.29, 1.82) is 0 Å². The maximum Gasteiger partial charge on any atom is 0.191 e. The van der Waals surface area contributed by atoms with Crippen LogP contribution in [0.2, 0.25) is 0 Å². The molecule has 80 valence electrons. The van der Waals surface area contributed by atoms with Crippen molar-refractivity contribution < 1.29 is 0 Å². The Bertz CT molecular complexity index is 467. The maximum atomic E-state index is 5.86. The first-order chi connectivity index (χ1) is 7.20. The molecular weight excluding hydrogens is 226 g/mol. The summed E-state index contributed by atoms with van der Waals surface area (Å²) in [6.07, 6.45) is 1.11. The third-order valence-electron chi connectivity index (χ3n) is 2.22. The van der Waals surface area contributed by atoms with E-state index in [4.69, 9.17) is 5.73 Å². The van der Waals surface area contributed by atoms with E-state index in [1.807, 2.05) is 11.4 Å². The minimum atomic E-state index is 0.529. The molecule has 15 heavy (non-hydrogen) atoms. The zero-order valence-electron chi connectivity index (χ0n) is 8.73. The minimum absolute atomic E-state index is 0.529. The van der Waals surface area contributed by atoms with Crippen LogP contribution < -0.4 is 5.73 Å². The van der Waals surface area contributed by atoms with Crippen LogP contribution in [0.5, 0.6) is 0 Å². The van der Waals surface area contributed by atoms with Gasteiger partial charge in [-0.2, -0.15) is 0 Å². The number of hydrogen-bond acceptors (Lipinski definition) is 5. The highest BCUT2D eigenvalue weighted by molar-refractivity contribution is 7.99. The molecule has 1 atom stereocenters. The predicted molar refractivity (Wildman–Crippen MR) is 67.4 cm³/mol. The number of nitrogens with zero attached hydrogens (tertiary/aromatic N) is 2. The molecule has 0 bridgehead atoms. The molecule has 2 aromatic rings. The first-order valence-electron chi connectivity index (χ1n) is 4.88. The molecule has 0 saturated heterocycles. The van der Waals surface area contributed by atoms with Gasteiger partial charge in [0.25, 0.3) is 0 Å². The van der Waals surface area contributed by atoms with E-state index in [0.29, 0.717) is 11.1 Å². The topological polar surface area (TPSA) is 51.8 Å². The second-order valence-corrected chi connectivity index (χ2v) is 5.67. The van der Waals surface area contributed by atoms with Gasteiger partial charge in [-0.15, -0.1) is 11.3 Å². The van der Waals surface area contributed by atoms with Gasteiger partial charge in [-0.25, -0.2) is 9.97 Å². The number of thiophene rings is 1. The quantitative estimate of drug-likeness (QED) is 0.660. The average molecular weight is 239 g/mol. The number of nitrogens with two attached hydrogens (primary N) is 1. The van der Waals surface area contributed by atoms with Crippen LogP contribution in [-0.2, 0) is 0 Å². The van der Waals surface area contributed by atoms with Gasteiger partial charge in [0.05, 0.1) is 5.39 Å². The normalized spacial score (nSPS) is 13.2. The van der Waals surface area contributed by atoms with Crippen molar-refractivity contribution in [3.63, 3.8) is 0 Å². The van der Waals surface area contributed by atoms with E-state index in [1.165, 1.54) is 0 Å². The van der Waals surface area contributed by atoms with Gasteiger partial charge in [0, 0.05) is 5.25 Å². The number of thioether (sulfide) groups is 1. The van der Waals surface area contributed by atoms with Gasteiger partial charge in [-0.1, -0.05) is 25.6 Å². The van der Waals surface area contributed by atoms with Crippen molar-refractivity contribution >= 4 is 39.1 Å². The van der Waals surface area contributed by atoms with Gasteiger partial charge in [-0.05, 0) is 17.9 Å². The number of aromatic nitrogens is 2. The second-order valence-electron chi connectivity index (χ2n) is 3.37. The summed E-state index contributed by atoms with van der Waals surface area (Å²) in [6.45, 7) is 4.33. The summed E-state index contributed by atoms with van der Waals surface area (Å²) in [5, 5.41) is 4.28. The van der Waals surface area contributed by atoms with Crippen molar-refractivity contribution in [3.05, 3.63) is 11.4 Å². The van der Waals surface area contributed by atoms with Crippen molar-refractivity contribution in [1.82, 2.24) is 9.97 Å². The van der Waals surface area contributed by atoms with Gasteiger partial charge in [0.1, 0.15) is 10.6 Å². The third-order valence-corrected chi connectivity index (χ3v) is 4.15. The highest BCUT2D eigenvalue weighted by Gasteiger charge is 2.09. The predicted octanol–water partition coefficient (Wildman–Crippen LogP) is 3.16. The Kier molecular flexibility index (Phi) is 3.11. The fourth-order valence-corrected chi connectivity index (χ4v) is 2.83. The van der Waals surface area contributed by atoms with Crippen LogP contribution in [0.4, 0.5) is 5.82 Å². The lowest BCUT2D eigenvalue weighted by Gasteiger charge is -2.06. The molecular formula is C10H13N3S2. The van der Waals surface area contributed by atoms with Crippen LogP contribution in [0.3, 0.4) is 0 Å². The fourth-order valence-electron chi connectivity index (χ4n) is 1.17. The van der Waals surface area contributed by atoms with Crippen LogP contribution in [0.15, 0.2) is 16.6 Å². The number of rotatable bonds is 3. The summed E-state index contributed by atoms with van der Waals surface area (Å²) in [7, 11) is 0. The monoisotopic (exact) mass is 239 g/mol. The van der Waals surface area contributed by atoms with Crippen molar-refractivity contribution in [3.8, 4) is 0 Å². The standard InChI is InChI=1S/C10H13N3S2/c1-3-6(2)15-10-12-8(11)7-4-5-14-9(7)13-10/h4-6H,3H2,1-2H3,(H2,11,12,13). The summed E-state index contributed by atoms with van der Waals surface area (Å²) in [5.41, 5.74) is 5.86. The molecule has 0 aromatic carbocycles. The van der Waals surface area contributed by atoms with Gasteiger partial charge >= 0.3 is 0 Å². The molecule has 0 aliphatic heterocycles. The van der Waals surface area contributed by atoms with E-state index in [1.54, 1.807) is 23.1 Å². The SMILES string of the molecule is CCC(C)Sc1nc(N)c2ccsc2n1. The van der Waals surface area contributed by atoms with Crippen LogP contribution in [0.25, 0.3) is 10.2 Å². The van der Waals surface area contributed by atoms with Crippen LogP contribution in [-0.4, -0.2) is 15.2 Å². The largest absolute Gasteiger partial charge is 0.383 e. The first-order valence-corrected chi connectivity index (χ1v) is 6.64. The summed E-state index contributed by atoms with van der Waals surface area (Å²) in [4.78, 5) is 9.75. The average Bonchev–Trinajstić information content (AvgIpc) is 2.66. The second kappa shape index (κ2) is 4.37. The van der Waals surface area contributed by atoms with E-state index in [-0.39, 0.29) is 0 Å². The Labute approximate surface area is 97.1 Å². The lowest BCUT2D eigenvalue weighted by Crippen LogP contribution is -1.99. The smallest absolute Gasteiger partial charge is 0.191 e. The molecule has 1 unspecified atom stereocenters. The van der Waals surface area contributed by atoms with E-state index in [0.717, 1.165) is 21.8 Å². The lowest BCUT2D eigenvalue weighted by molar-refractivity contribution is 0.892. The molecule has 2 N–H and O–H groups in total. The molecule has 2 rings (SSSR count). The van der Waals surface area contributed by atoms with E-state index < -0.39 is 0 Å². The summed E-state index contributed by atoms with van der Waals surface area (Å²) in [5.74, 6) is 0.590. The highest BCUT2D eigenvalue weighted by Crippen LogP contribution is 2.28. The van der Waals surface area contributed by atoms with Crippen LogP contribution >= 0.6 is 23.1 Å². The van der Waals surface area contributed by atoms with Crippen LogP contribution in [0.1, 0.15) is 20.3 Å². The first kappa shape index (κ1) is 10.7. The molecule has 0 fully saturated rings.